The Morgan fingerprint density at radius 1 is 1.16 bits per heavy atom. The van der Waals surface area contributed by atoms with Crippen molar-refractivity contribution in [3.63, 3.8) is 0 Å². The van der Waals surface area contributed by atoms with Gasteiger partial charge in [-0.15, -0.1) is 0 Å². The molecular weight excluding hydrogens is 412 g/mol. The van der Waals surface area contributed by atoms with Crippen molar-refractivity contribution in [3.05, 3.63) is 23.8 Å². The maximum absolute atomic E-state index is 13.0. The minimum absolute atomic E-state index is 0.0283. The van der Waals surface area contributed by atoms with Crippen LogP contribution in [0.5, 0.6) is 0 Å². The second kappa shape index (κ2) is 7.85. The molecule has 1 amide bonds. The first-order valence-corrected chi connectivity index (χ1v) is 13.3. The molecule has 6 nitrogen and oxygen atoms in total. The highest BCUT2D eigenvalue weighted by atomic mass is 32.2. The minimum Gasteiger partial charge on any atom is -0.371 e. The van der Waals surface area contributed by atoms with E-state index in [1.807, 2.05) is 6.92 Å². The van der Waals surface area contributed by atoms with Crippen molar-refractivity contribution in [2.75, 3.05) is 18.0 Å². The number of anilines is 1. The Labute approximate surface area is 185 Å². The van der Waals surface area contributed by atoms with Crippen LogP contribution in [0.25, 0.3) is 0 Å². The number of hydrogen-bond acceptors (Lipinski definition) is 4. The lowest BCUT2D eigenvalue weighted by Crippen LogP contribution is -2.53. The fourth-order valence-corrected chi connectivity index (χ4v) is 8.31. The highest BCUT2D eigenvalue weighted by Crippen LogP contribution is 2.57. The van der Waals surface area contributed by atoms with E-state index >= 15 is 0 Å². The lowest BCUT2D eigenvalue weighted by atomic mass is 9.54. The molecule has 0 radical (unpaired) electrons. The van der Waals surface area contributed by atoms with Gasteiger partial charge in [0.1, 0.15) is 0 Å². The summed E-state index contributed by atoms with van der Waals surface area (Å²) in [6.45, 7) is 4.74. The van der Waals surface area contributed by atoms with Gasteiger partial charge in [0.2, 0.25) is 15.9 Å². The van der Waals surface area contributed by atoms with E-state index in [0.717, 1.165) is 49.1 Å². The zero-order valence-corrected chi connectivity index (χ0v) is 19.4. The zero-order chi connectivity index (χ0) is 21.8. The summed E-state index contributed by atoms with van der Waals surface area (Å²) in [7, 11) is -3.64. The third-order valence-corrected chi connectivity index (χ3v) is 9.41. The topological polar surface area (TPSA) is 75.7 Å². The van der Waals surface area contributed by atoms with Crippen LogP contribution in [0.3, 0.4) is 0 Å². The summed E-state index contributed by atoms with van der Waals surface area (Å²) in [6.07, 6.45) is 8.77. The number of nitrogens with one attached hydrogen (secondary N) is 1. The molecule has 1 aliphatic heterocycles. The fraction of sp³-hybridized carbons (Fsp3) is 0.708. The summed E-state index contributed by atoms with van der Waals surface area (Å²) in [5, 5.41) is 0. The molecule has 4 bridgehead atoms. The highest BCUT2D eigenvalue weighted by Gasteiger charge is 2.52. The van der Waals surface area contributed by atoms with Crippen molar-refractivity contribution >= 4 is 21.6 Å². The van der Waals surface area contributed by atoms with Gasteiger partial charge in [-0.2, -0.15) is 0 Å². The maximum atomic E-state index is 13.0. The number of ether oxygens (including phenoxy) is 1. The molecule has 1 saturated heterocycles. The molecule has 5 fully saturated rings. The number of sulfonamides is 1. The molecule has 1 atom stereocenters. The molecule has 4 aliphatic carbocycles. The van der Waals surface area contributed by atoms with Crippen LogP contribution in [0.15, 0.2) is 23.1 Å². The Morgan fingerprint density at radius 2 is 1.81 bits per heavy atom. The number of carbonyl (C=O) groups excluding carboxylic acids is 1. The van der Waals surface area contributed by atoms with Gasteiger partial charge in [-0.1, -0.05) is 0 Å². The second-order valence-electron chi connectivity index (χ2n) is 10.5. The Morgan fingerprint density at radius 3 is 2.35 bits per heavy atom. The van der Waals surface area contributed by atoms with Gasteiger partial charge in [0.05, 0.1) is 16.6 Å². The van der Waals surface area contributed by atoms with Crippen LogP contribution in [0.4, 0.5) is 5.69 Å². The van der Waals surface area contributed by atoms with E-state index in [9.17, 15) is 13.2 Å². The number of benzene rings is 1. The molecule has 5 aliphatic rings. The van der Waals surface area contributed by atoms with Crippen molar-refractivity contribution < 1.29 is 17.9 Å². The summed E-state index contributed by atoms with van der Waals surface area (Å²) in [6, 6.07) is 5.15. The van der Waals surface area contributed by atoms with E-state index in [1.54, 1.807) is 30.0 Å². The van der Waals surface area contributed by atoms with Gasteiger partial charge in [-0.25, -0.2) is 13.1 Å². The van der Waals surface area contributed by atoms with E-state index in [1.165, 1.54) is 19.3 Å². The first-order chi connectivity index (χ1) is 14.7. The van der Waals surface area contributed by atoms with Crippen LogP contribution in [-0.2, 0) is 19.6 Å². The molecular formula is C24H34N2O4S. The van der Waals surface area contributed by atoms with Crippen LogP contribution < -0.4 is 9.62 Å². The maximum Gasteiger partial charge on any atom is 0.240 e. The van der Waals surface area contributed by atoms with Gasteiger partial charge >= 0.3 is 0 Å². The van der Waals surface area contributed by atoms with Crippen LogP contribution in [0.1, 0.15) is 63.9 Å². The summed E-state index contributed by atoms with van der Waals surface area (Å²) in [5.41, 5.74) is 1.40. The summed E-state index contributed by atoms with van der Waals surface area (Å²) >= 11 is 0. The van der Waals surface area contributed by atoms with Gasteiger partial charge < -0.3 is 9.64 Å². The lowest BCUT2D eigenvalue weighted by Gasteiger charge is -2.57. The highest BCUT2D eigenvalue weighted by molar-refractivity contribution is 7.89. The summed E-state index contributed by atoms with van der Waals surface area (Å²) in [5.74, 6) is 2.51. The molecule has 0 unspecified atom stereocenters. The predicted molar refractivity (Wildman–Crippen MR) is 119 cm³/mol. The normalized spacial score (nSPS) is 33.3. The number of amides is 1. The van der Waals surface area contributed by atoms with Crippen molar-refractivity contribution in [1.29, 1.82) is 0 Å². The van der Waals surface area contributed by atoms with E-state index in [2.05, 4.69) is 4.72 Å². The molecule has 1 aromatic rings. The Hall–Kier alpha value is -1.44. The molecule has 31 heavy (non-hydrogen) atoms. The number of hydrogen-bond donors (Lipinski definition) is 1. The van der Waals surface area contributed by atoms with Crippen molar-refractivity contribution in [3.8, 4) is 0 Å². The minimum atomic E-state index is -3.64. The smallest absolute Gasteiger partial charge is 0.240 e. The zero-order valence-electron chi connectivity index (χ0n) is 18.6. The fourth-order valence-electron chi connectivity index (χ4n) is 6.97. The SMILES string of the molecule is Cc1cc(N2CCCC2=O)ccc1S(=O)(=O)NC[C@@H](C)OC12CC3CC(CC(C3)C1)C2. The molecule has 7 heteroatoms. The molecule has 1 N–H and O–H groups in total. The first kappa shape index (κ1) is 21.4. The van der Waals surface area contributed by atoms with Crippen LogP contribution >= 0.6 is 0 Å². The van der Waals surface area contributed by atoms with Gasteiger partial charge in [0, 0.05) is 25.2 Å². The average Bonchev–Trinajstić information content (AvgIpc) is 3.11. The van der Waals surface area contributed by atoms with E-state index in [4.69, 9.17) is 4.74 Å². The van der Waals surface area contributed by atoms with Gasteiger partial charge in [0.15, 0.2) is 0 Å². The number of aryl methyl sites for hydroxylation is 1. The third kappa shape index (κ3) is 4.16. The van der Waals surface area contributed by atoms with Crippen molar-refractivity contribution in [2.24, 2.45) is 17.8 Å². The molecule has 0 aromatic heterocycles. The average molecular weight is 447 g/mol. The molecule has 0 spiro atoms. The van der Waals surface area contributed by atoms with Gasteiger partial charge in [-0.3, -0.25) is 4.79 Å². The van der Waals surface area contributed by atoms with Crippen LogP contribution in [0, 0.1) is 24.7 Å². The van der Waals surface area contributed by atoms with E-state index in [0.29, 0.717) is 18.5 Å². The Bertz CT molecular complexity index is 939. The summed E-state index contributed by atoms with van der Waals surface area (Å²) in [4.78, 5) is 14.0. The second-order valence-corrected chi connectivity index (χ2v) is 12.2. The Balaban J connectivity index is 1.22. The molecule has 1 heterocycles. The molecule has 6 rings (SSSR count). The van der Waals surface area contributed by atoms with E-state index < -0.39 is 10.0 Å². The van der Waals surface area contributed by atoms with Crippen molar-refractivity contribution in [2.45, 2.75) is 81.8 Å². The lowest BCUT2D eigenvalue weighted by molar-refractivity contribution is -0.182. The number of nitrogens with zero attached hydrogens (tertiary/aromatic N) is 1. The molecule has 170 valence electrons. The molecule has 1 aromatic carbocycles. The van der Waals surface area contributed by atoms with Crippen LogP contribution in [0.2, 0.25) is 0 Å². The first-order valence-electron chi connectivity index (χ1n) is 11.8. The standard InChI is InChI=1S/C24H34N2O4S/c1-16-8-21(26-7-3-4-23(26)27)5-6-22(16)31(28,29)25-15-17(2)30-24-12-18-9-19(13-24)11-20(10-18)14-24/h5-6,8,17-20,25H,3-4,7,9-15H2,1-2H3/t17-,18?,19?,20?,24?/m1/s1. The quantitative estimate of drug-likeness (QED) is 0.692. The predicted octanol–water partition coefficient (Wildman–Crippen LogP) is 3.77. The molecule has 4 saturated carbocycles. The monoisotopic (exact) mass is 446 g/mol. The summed E-state index contributed by atoms with van der Waals surface area (Å²) < 4.78 is 35.2. The van der Waals surface area contributed by atoms with Gasteiger partial charge in [-0.05, 0) is 100 Å². The van der Waals surface area contributed by atoms with Crippen LogP contribution in [-0.4, -0.2) is 39.1 Å². The third-order valence-electron chi connectivity index (χ3n) is 7.83. The Kier molecular flexibility index (Phi) is 5.42. The van der Waals surface area contributed by atoms with Gasteiger partial charge in [0.25, 0.3) is 0 Å². The number of rotatable bonds is 7. The number of carbonyl (C=O) groups is 1. The largest absolute Gasteiger partial charge is 0.371 e. The van der Waals surface area contributed by atoms with Crippen molar-refractivity contribution in [1.82, 2.24) is 4.72 Å². The van der Waals surface area contributed by atoms with E-state index in [-0.39, 0.29) is 29.1 Å².